The number of ether oxygens (including phenoxy) is 1. The van der Waals surface area contributed by atoms with Gasteiger partial charge in [0.1, 0.15) is 17.4 Å². The molecule has 146 valence electrons. The molecule has 28 heavy (non-hydrogen) atoms. The van der Waals surface area contributed by atoms with E-state index >= 15 is 0 Å². The fourth-order valence-corrected chi connectivity index (χ4v) is 4.32. The first-order valence-corrected chi connectivity index (χ1v) is 10.1. The number of carbonyl (C=O) groups excluding carboxylic acids is 2. The smallest absolute Gasteiger partial charge is 0.543 e. The third-order valence-corrected chi connectivity index (χ3v) is 5.76. The van der Waals surface area contributed by atoms with Crippen molar-refractivity contribution in [2.24, 2.45) is 11.3 Å². The zero-order chi connectivity index (χ0) is 20.0. The van der Waals surface area contributed by atoms with Crippen molar-refractivity contribution in [1.29, 1.82) is 0 Å². The van der Waals surface area contributed by atoms with E-state index in [1.165, 1.54) is 0 Å². The predicted molar refractivity (Wildman–Crippen MR) is 93.8 cm³/mol. The van der Waals surface area contributed by atoms with Gasteiger partial charge in [0.25, 0.3) is 0 Å². The fraction of sp³-hybridized carbons (Fsp3) is 0.444. The molecule has 0 bridgehead atoms. The summed E-state index contributed by atoms with van der Waals surface area (Å²) in [5.41, 5.74) is -0.287. The average molecular weight is 416 g/mol. The second kappa shape index (κ2) is 8.16. The molecule has 3 rings (SSSR count). The van der Waals surface area contributed by atoms with Gasteiger partial charge in [-0.25, -0.2) is 13.1 Å². The standard InChI is InChI=1S/C18H22N2O6S.Na/c1-18(2,3)14-13(17(22)23)20-15(21)12(16(20)26-14)9-19-27(24,25)10-11-7-5-4-6-8-11;/h4-8,12,16,19H,9-10H2,1-3H3,(H,22,23);/q;+1/p-1/t12-,16+;/m0./s1. The first-order chi connectivity index (χ1) is 12.5. The molecule has 0 aromatic heterocycles. The van der Waals surface area contributed by atoms with E-state index in [-0.39, 0.29) is 53.3 Å². The number of rotatable bonds is 6. The van der Waals surface area contributed by atoms with Crippen LogP contribution < -0.4 is 39.4 Å². The molecule has 2 aliphatic heterocycles. The number of fused-ring (bicyclic) bond motifs is 1. The Kier molecular flexibility index (Phi) is 6.67. The molecule has 0 aliphatic carbocycles. The normalized spacial score (nSPS) is 21.5. The maximum atomic E-state index is 12.4. The minimum Gasteiger partial charge on any atom is -0.543 e. The van der Waals surface area contributed by atoms with E-state index in [0.29, 0.717) is 5.56 Å². The van der Waals surface area contributed by atoms with Crippen LogP contribution in [0.2, 0.25) is 0 Å². The van der Waals surface area contributed by atoms with Crippen LogP contribution in [0.1, 0.15) is 26.3 Å². The van der Waals surface area contributed by atoms with E-state index in [1.807, 2.05) is 0 Å². The van der Waals surface area contributed by atoms with Gasteiger partial charge in [-0.1, -0.05) is 51.1 Å². The van der Waals surface area contributed by atoms with Crippen molar-refractivity contribution in [3.63, 3.8) is 0 Å². The van der Waals surface area contributed by atoms with E-state index in [2.05, 4.69) is 4.72 Å². The summed E-state index contributed by atoms with van der Waals surface area (Å²) in [6.45, 7) is 5.13. The van der Waals surface area contributed by atoms with Gasteiger partial charge < -0.3 is 14.6 Å². The summed E-state index contributed by atoms with van der Waals surface area (Å²) in [7, 11) is -3.65. The third kappa shape index (κ3) is 4.44. The molecule has 0 unspecified atom stereocenters. The molecule has 2 atom stereocenters. The molecule has 2 heterocycles. The quantitative estimate of drug-likeness (QED) is 0.389. The number of carboxylic acid groups (broad SMARTS) is 1. The molecule has 10 heteroatoms. The van der Waals surface area contributed by atoms with Crippen LogP contribution in [0.3, 0.4) is 0 Å². The van der Waals surface area contributed by atoms with Crippen molar-refractivity contribution in [2.75, 3.05) is 6.54 Å². The van der Waals surface area contributed by atoms with Gasteiger partial charge in [-0.2, -0.15) is 0 Å². The number of nitrogens with zero attached hydrogens (tertiary/aromatic N) is 1. The summed E-state index contributed by atoms with van der Waals surface area (Å²) in [6.07, 6.45) is -0.834. The Hall–Kier alpha value is -1.39. The van der Waals surface area contributed by atoms with Crippen molar-refractivity contribution in [3.8, 4) is 0 Å². The monoisotopic (exact) mass is 416 g/mol. The van der Waals surface area contributed by atoms with Gasteiger partial charge in [-0.15, -0.1) is 0 Å². The molecular weight excluding hydrogens is 395 g/mol. The van der Waals surface area contributed by atoms with Crippen molar-refractivity contribution in [1.82, 2.24) is 9.62 Å². The maximum Gasteiger partial charge on any atom is 1.00 e. The number of amides is 1. The van der Waals surface area contributed by atoms with Crippen LogP contribution in [0, 0.1) is 11.3 Å². The number of nitrogens with one attached hydrogen (secondary N) is 1. The Morgan fingerprint density at radius 3 is 2.39 bits per heavy atom. The molecule has 1 fully saturated rings. The summed E-state index contributed by atoms with van der Waals surface area (Å²) < 4.78 is 32.6. The molecule has 1 aromatic rings. The Morgan fingerprint density at radius 2 is 1.86 bits per heavy atom. The molecule has 0 saturated carbocycles. The number of hydrogen-bond acceptors (Lipinski definition) is 6. The van der Waals surface area contributed by atoms with Crippen LogP contribution in [-0.4, -0.2) is 38.0 Å². The zero-order valence-corrected chi connectivity index (χ0v) is 19.1. The molecule has 2 aliphatic rings. The van der Waals surface area contributed by atoms with E-state index in [0.717, 1.165) is 4.90 Å². The fourth-order valence-electron chi connectivity index (χ4n) is 3.15. The number of benzene rings is 1. The van der Waals surface area contributed by atoms with E-state index in [9.17, 15) is 23.1 Å². The van der Waals surface area contributed by atoms with Gasteiger partial charge in [0.15, 0.2) is 6.23 Å². The van der Waals surface area contributed by atoms with Crippen LogP contribution in [-0.2, 0) is 30.1 Å². The number of carboxylic acids is 1. The largest absolute Gasteiger partial charge is 1.00 e. The van der Waals surface area contributed by atoms with Gasteiger partial charge in [0, 0.05) is 12.0 Å². The number of hydrogen-bond donors (Lipinski definition) is 1. The minimum atomic E-state index is -3.65. The van der Waals surface area contributed by atoms with Crippen LogP contribution in [0.25, 0.3) is 0 Å². The first-order valence-electron chi connectivity index (χ1n) is 8.48. The van der Waals surface area contributed by atoms with Gasteiger partial charge in [-0.05, 0) is 5.56 Å². The molecule has 8 nitrogen and oxygen atoms in total. The second-order valence-electron chi connectivity index (χ2n) is 7.63. The predicted octanol–water partition coefficient (Wildman–Crippen LogP) is -3.07. The minimum absolute atomic E-state index is 0. The van der Waals surface area contributed by atoms with Gasteiger partial charge in [0.2, 0.25) is 15.9 Å². The molecule has 1 aromatic carbocycles. The number of β-lactam (4-membered cyclic amide) rings is 1. The number of sulfonamides is 1. The topological polar surface area (TPSA) is 116 Å². The van der Waals surface area contributed by atoms with Gasteiger partial charge in [0.05, 0.1) is 11.7 Å². The van der Waals surface area contributed by atoms with Crippen molar-refractivity contribution in [2.45, 2.75) is 32.8 Å². The summed E-state index contributed by atoms with van der Waals surface area (Å²) in [5, 5.41) is 11.5. The third-order valence-electron chi connectivity index (χ3n) is 4.45. The Labute approximate surface area is 186 Å². The van der Waals surface area contributed by atoms with Crippen molar-refractivity contribution < 1.29 is 57.4 Å². The maximum absolute atomic E-state index is 12.4. The summed E-state index contributed by atoms with van der Waals surface area (Å²) in [6, 6.07) is 8.66. The summed E-state index contributed by atoms with van der Waals surface area (Å²) >= 11 is 0. The van der Waals surface area contributed by atoms with E-state index in [1.54, 1.807) is 51.1 Å². The molecule has 0 radical (unpaired) electrons. The Balaban J connectivity index is 0.00000280. The van der Waals surface area contributed by atoms with Gasteiger partial charge >= 0.3 is 29.6 Å². The number of carbonyl (C=O) groups is 2. The Bertz CT molecular complexity index is 908. The van der Waals surface area contributed by atoms with Crippen LogP contribution in [0.5, 0.6) is 0 Å². The van der Waals surface area contributed by atoms with Crippen molar-refractivity contribution in [3.05, 3.63) is 47.4 Å². The summed E-state index contributed by atoms with van der Waals surface area (Å²) in [4.78, 5) is 24.9. The van der Waals surface area contributed by atoms with Crippen LogP contribution in [0.15, 0.2) is 41.8 Å². The SMILES string of the molecule is CC(C)(C)C1=C(C(=O)[O-])N2C(=O)[C@H](CNS(=O)(=O)Cc3ccccc3)[C@H]2O1.[Na+]. The first kappa shape index (κ1) is 22.9. The summed E-state index contributed by atoms with van der Waals surface area (Å²) in [5.74, 6) is -2.82. The number of allylic oxidation sites excluding steroid dienone is 1. The number of aliphatic carboxylic acids is 1. The van der Waals surface area contributed by atoms with Gasteiger partial charge in [-0.3, -0.25) is 9.69 Å². The zero-order valence-electron chi connectivity index (χ0n) is 16.3. The molecule has 1 N–H and O–H groups in total. The van der Waals surface area contributed by atoms with Crippen molar-refractivity contribution >= 4 is 21.9 Å². The Morgan fingerprint density at radius 1 is 1.25 bits per heavy atom. The van der Waals surface area contributed by atoms with E-state index < -0.39 is 39.5 Å². The van der Waals surface area contributed by atoms with Crippen LogP contribution in [0.4, 0.5) is 0 Å². The van der Waals surface area contributed by atoms with E-state index in [4.69, 9.17) is 4.74 Å². The molecule has 1 amide bonds. The second-order valence-corrected chi connectivity index (χ2v) is 9.44. The molecular formula is C18H21N2NaO6S. The average Bonchev–Trinajstić information content (AvgIpc) is 2.91. The van der Waals surface area contributed by atoms with Crippen LogP contribution >= 0.6 is 0 Å². The molecule has 1 saturated heterocycles. The molecule has 0 spiro atoms.